The van der Waals surface area contributed by atoms with Crippen LogP contribution >= 0.6 is 0 Å². The van der Waals surface area contributed by atoms with Crippen molar-refractivity contribution in [1.82, 2.24) is 0 Å². The molecule has 0 spiro atoms. The Kier molecular flexibility index (Phi) is 1.69. The molecule has 1 heteroatoms. The van der Waals surface area contributed by atoms with Crippen LogP contribution in [0, 0.1) is 17.8 Å². The number of hydrogen-bond acceptors (Lipinski definition) is 1. The van der Waals surface area contributed by atoms with E-state index in [0.29, 0.717) is 12.5 Å². The third kappa shape index (κ3) is 1.07. The largest absolute Gasteiger partial charge is 0.396 e. The van der Waals surface area contributed by atoms with Gasteiger partial charge in [-0.05, 0) is 37.0 Å². The van der Waals surface area contributed by atoms with Crippen molar-refractivity contribution in [1.29, 1.82) is 0 Å². The van der Waals surface area contributed by atoms with Crippen LogP contribution in [-0.4, -0.2) is 11.7 Å². The molecule has 0 aromatic carbocycles. The lowest BCUT2D eigenvalue weighted by atomic mass is 9.81. The highest BCUT2D eigenvalue weighted by atomic mass is 16.3. The molecule has 0 amide bonds. The fourth-order valence-corrected chi connectivity index (χ4v) is 2.79. The molecule has 0 aromatic rings. The summed E-state index contributed by atoms with van der Waals surface area (Å²) >= 11 is 0. The average molecular weight is 140 g/mol. The van der Waals surface area contributed by atoms with Gasteiger partial charge >= 0.3 is 0 Å². The molecule has 0 aromatic heterocycles. The van der Waals surface area contributed by atoms with Crippen molar-refractivity contribution in [3.8, 4) is 0 Å². The van der Waals surface area contributed by atoms with Crippen LogP contribution in [0.5, 0.6) is 0 Å². The third-order valence-corrected chi connectivity index (χ3v) is 3.24. The molecule has 0 aliphatic heterocycles. The highest BCUT2D eigenvalue weighted by Crippen LogP contribution is 2.44. The molecule has 0 saturated heterocycles. The molecule has 0 radical (unpaired) electrons. The van der Waals surface area contributed by atoms with Crippen molar-refractivity contribution < 1.29 is 5.11 Å². The number of fused-ring (bicyclic) bond motifs is 2. The zero-order valence-corrected chi connectivity index (χ0v) is 6.42. The maximum Gasteiger partial charge on any atom is 0.0459 e. The molecule has 1 N–H and O–H groups in total. The Morgan fingerprint density at radius 2 is 1.60 bits per heavy atom. The summed E-state index contributed by atoms with van der Waals surface area (Å²) in [6, 6.07) is 0. The summed E-state index contributed by atoms with van der Waals surface area (Å²) in [4.78, 5) is 0. The summed E-state index contributed by atoms with van der Waals surface area (Å²) < 4.78 is 0. The Labute approximate surface area is 62.4 Å². The molecular formula is C9H16O. The molecule has 0 unspecified atom stereocenters. The maximum atomic E-state index is 8.95. The summed E-state index contributed by atoms with van der Waals surface area (Å²) in [7, 11) is 0. The van der Waals surface area contributed by atoms with E-state index in [1.54, 1.807) is 0 Å². The normalized spacial score (nSPS) is 45.9. The lowest BCUT2D eigenvalue weighted by Gasteiger charge is -2.25. The van der Waals surface area contributed by atoms with Gasteiger partial charge in [-0.25, -0.2) is 0 Å². The molecule has 2 bridgehead atoms. The van der Waals surface area contributed by atoms with Gasteiger partial charge in [-0.1, -0.05) is 12.8 Å². The third-order valence-electron chi connectivity index (χ3n) is 3.24. The van der Waals surface area contributed by atoms with E-state index < -0.39 is 0 Å². The Hall–Kier alpha value is -0.0400. The highest BCUT2D eigenvalue weighted by molar-refractivity contribution is 4.84. The van der Waals surface area contributed by atoms with Crippen LogP contribution in [0.1, 0.15) is 32.1 Å². The molecule has 2 rings (SSSR count). The first-order chi connectivity index (χ1) is 4.88. The van der Waals surface area contributed by atoms with Gasteiger partial charge in [-0.3, -0.25) is 0 Å². The minimum atomic E-state index is 0.438. The van der Waals surface area contributed by atoms with Gasteiger partial charge < -0.3 is 5.11 Å². The van der Waals surface area contributed by atoms with Gasteiger partial charge in [0.25, 0.3) is 0 Å². The first-order valence-electron chi connectivity index (χ1n) is 4.49. The fraction of sp³-hybridized carbons (Fsp3) is 1.00. The van der Waals surface area contributed by atoms with Crippen LogP contribution < -0.4 is 0 Å². The first-order valence-corrected chi connectivity index (χ1v) is 4.49. The van der Waals surface area contributed by atoms with Crippen molar-refractivity contribution >= 4 is 0 Å². The quantitative estimate of drug-likeness (QED) is 0.589. The molecule has 2 atom stereocenters. The van der Waals surface area contributed by atoms with E-state index in [1.165, 1.54) is 32.1 Å². The van der Waals surface area contributed by atoms with Crippen molar-refractivity contribution in [2.24, 2.45) is 17.8 Å². The van der Waals surface area contributed by atoms with E-state index in [9.17, 15) is 0 Å². The van der Waals surface area contributed by atoms with Gasteiger partial charge in [0.15, 0.2) is 0 Å². The Bertz CT molecular complexity index is 110. The van der Waals surface area contributed by atoms with Gasteiger partial charge in [0.2, 0.25) is 0 Å². The van der Waals surface area contributed by atoms with Crippen molar-refractivity contribution in [3.63, 3.8) is 0 Å². The van der Waals surface area contributed by atoms with Crippen LogP contribution in [0.2, 0.25) is 0 Å². The van der Waals surface area contributed by atoms with E-state index >= 15 is 0 Å². The monoisotopic (exact) mass is 140 g/mol. The van der Waals surface area contributed by atoms with Gasteiger partial charge in [0.1, 0.15) is 0 Å². The summed E-state index contributed by atoms with van der Waals surface area (Å²) in [6.45, 7) is 0.438. The van der Waals surface area contributed by atoms with E-state index in [2.05, 4.69) is 0 Å². The minimum Gasteiger partial charge on any atom is -0.396 e. The maximum absolute atomic E-state index is 8.95. The summed E-state index contributed by atoms with van der Waals surface area (Å²) in [5.74, 6) is 2.62. The number of aliphatic hydroxyl groups excluding tert-OH is 1. The Morgan fingerprint density at radius 1 is 1.00 bits per heavy atom. The van der Waals surface area contributed by atoms with E-state index in [4.69, 9.17) is 5.11 Å². The van der Waals surface area contributed by atoms with E-state index in [0.717, 1.165) is 11.8 Å². The van der Waals surface area contributed by atoms with Crippen molar-refractivity contribution in [3.05, 3.63) is 0 Å². The van der Waals surface area contributed by atoms with Crippen LogP contribution in [-0.2, 0) is 0 Å². The highest BCUT2D eigenvalue weighted by Gasteiger charge is 2.33. The molecule has 10 heavy (non-hydrogen) atoms. The molecular weight excluding hydrogens is 124 g/mol. The van der Waals surface area contributed by atoms with Gasteiger partial charge in [0, 0.05) is 6.61 Å². The Balaban J connectivity index is 1.96. The van der Waals surface area contributed by atoms with Crippen LogP contribution in [0.25, 0.3) is 0 Å². The van der Waals surface area contributed by atoms with Crippen molar-refractivity contribution in [2.45, 2.75) is 32.1 Å². The number of rotatable bonds is 1. The second kappa shape index (κ2) is 2.54. The van der Waals surface area contributed by atoms with Gasteiger partial charge in [0.05, 0.1) is 0 Å². The lowest BCUT2D eigenvalue weighted by Crippen LogP contribution is -2.18. The van der Waals surface area contributed by atoms with Gasteiger partial charge in [-0.2, -0.15) is 0 Å². The predicted octanol–water partition coefficient (Wildman–Crippen LogP) is 1.80. The minimum absolute atomic E-state index is 0.438. The second-order valence-electron chi connectivity index (χ2n) is 4.07. The summed E-state index contributed by atoms with van der Waals surface area (Å²) in [6.07, 6.45) is 6.98. The van der Waals surface area contributed by atoms with E-state index in [1.807, 2.05) is 0 Å². The lowest BCUT2D eigenvalue weighted by molar-refractivity contribution is 0.156. The standard InChI is InChI=1S/C9H16O/c10-6-9-4-7-1-2-8(3-7)5-9/h7-10H,1-6H2/t7-,8-/m1/s1. The topological polar surface area (TPSA) is 20.2 Å². The van der Waals surface area contributed by atoms with Crippen LogP contribution in [0.3, 0.4) is 0 Å². The molecule has 2 saturated carbocycles. The molecule has 0 heterocycles. The fourth-order valence-electron chi connectivity index (χ4n) is 2.79. The zero-order chi connectivity index (χ0) is 6.97. The number of aliphatic hydroxyl groups is 1. The van der Waals surface area contributed by atoms with Crippen molar-refractivity contribution in [2.75, 3.05) is 6.61 Å². The molecule has 58 valence electrons. The van der Waals surface area contributed by atoms with Crippen LogP contribution in [0.15, 0.2) is 0 Å². The summed E-state index contributed by atoms with van der Waals surface area (Å²) in [5.41, 5.74) is 0. The van der Waals surface area contributed by atoms with Gasteiger partial charge in [-0.15, -0.1) is 0 Å². The smallest absolute Gasteiger partial charge is 0.0459 e. The van der Waals surface area contributed by atoms with Crippen LogP contribution in [0.4, 0.5) is 0 Å². The second-order valence-corrected chi connectivity index (χ2v) is 4.07. The molecule has 2 aliphatic carbocycles. The SMILES string of the molecule is OCC1C[C@@H]2CC[C@@H](C1)C2. The number of hydrogen-bond donors (Lipinski definition) is 1. The first kappa shape index (κ1) is 6.66. The molecule has 1 nitrogen and oxygen atoms in total. The molecule has 2 fully saturated rings. The summed E-state index contributed by atoms with van der Waals surface area (Å²) in [5, 5.41) is 8.95. The average Bonchev–Trinajstić information content (AvgIpc) is 2.30. The Morgan fingerprint density at radius 3 is 2.10 bits per heavy atom. The molecule has 2 aliphatic rings. The van der Waals surface area contributed by atoms with E-state index in [-0.39, 0.29) is 0 Å². The zero-order valence-electron chi connectivity index (χ0n) is 6.42. The predicted molar refractivity (Wildman–Crippen MR) is 40.6 cm³/mol.